The molecule has 0 heterocycles. The molecular formula is C13H19NO2. The van der Waals surface area contributed by atoms with Gasteiger partial charge in [-0.05, 0) is 37.5 Å². The highest BCUT2D eigenvalue weighted by Gasteiger charge is 2.46. The van der Waals surface area contributed by atoms with Crippen molar-refractivity contribution in [2.45, 2.75) is 44.1 Å². The molecule has 2 atom stereocenters. The van der Waals surface area contributed by atoms with Gasteiger partial charge < -0.3 is 5.11 Å². The molecule has 2 aliphatic rings. The van der Waals surface area contributed by atoms with Crippen molar-refractivity contribution in [1.29, 1.82) is 0 Å². The van der Waals surface area contributed by atoms with Crippen molar-refractivity contribution in [3.8, 4) is 12.3 Å². The summed E-state index contributed by atoms with van der Waals surface area (Å²) in [6.07, 6.45) is 11.5. The molecule has 0 aromatic carbocycles. The lowest BCUT2D eigenvalue weighted by Crippen LogP contribution is -2.55. The largest absolute Gasteiger partial charge is 0.480 e. The third-order valence-corrected chi connectivity index (χ3v) is 4.02. The van der Waals surface area contributed by atoms with Gasteiger partial charge in [-0.15, -0.1) is 6.42 Å². The third kappa shape index (κ3) is 2.22. The average Bonchev–Trinajstić information content (AvgIpc) is 3.10. The van der Waals surface area contributed by atoms with Crippen LogP contribution < -0.4 is 5.32 Å². The Bertz CT molecular complexity index is 316. The van der Waals surface area contributed by atoms with Gasteiger partial charge in [-0.25, -0.2) is 0 Å². The molecule has 2 aliphatic carbocycles. The molecule has 2 rings (SSSR count). The average molecular weight is 221 g/mol. The van der Waals surface area contributed by atoms with Crippen LogP contribution in [0.15, 0.2) is 0 Å². The van der Waals surface area contributed by atoms with E-state index in [2.05, 4.69) is 11.2 Å². The first-order valence-electron chi connectivity index (χ1n) is 6.10. The lowest BCUT2D eigenvalue weighted by Gasteiger charge is -2.38. The van der Waals surface area contributed by atoms with Crippen molar-refractivity contribution < 1.29 is 9.90 Å². The number of rotatable bonds is 4. The van der Waals surface area contributed by atoms with Crippen LogP contribution in [0.5, 0.6) is 0 Å². The van der Waals surface area contributed by atoms with E-state index in [1.165, 1.54) is 19.3 Å². The smallest absolute Gasteiger partial charge is 0.323 e. The second-order valence-electron chi connectivity index (χ2n) is 5.14. The van der Waals surface area contributed by atoms with Gasteiger partial charge in [0.05, 0.1) is 6.54 Å². The van der Waals surface area contributed by atoms with Gasteiger partial charge in [-0.2, -0.15) is 0 Å². The summed E-state index contributed by atoms with van der Waals surface area (Å²) in [5.41, 5.74) is -0.752. The highest BCUT2D eigenvalue weighted by Crippen LogP contribution is 2.46. The number of carboxylic acids is 1. The van der Waals surface area contributed by atoms with E-state index in [1.54, 1.807) is 0 Å². The van der Waals surface area contributed by atoms with Crippen molar-refractivity contribution in [3.05, 3.63) is 0 Å². The Balaban J connectivity index is 2.05. The van der Waals surface area contributed by atoms with Crippen LogP contribution in [0.25, 0.3) is 0 Å². The van der Waals surface area contributed by atoms with Crippen molar-refractivity contribution in [2.75, 3.05) is 6.54 Å². The van der Waals surface area contributed by atoms with Gasteiger partial charge in [-0.1, -0.05) is 18.8 Å². The van der Waals surface area contributed by atoms with Crippen LogP contribution in [-0.2, 0) is 4.79 Å². The lowest BCUT2D eigenvalue weighted by molar-refractivity contribution is -0.147. The zero-order chi connectivity index (χ0) is 11.6. The number of terminal acetylenes is 1. The predicted molar refractivity (Wildman–Crippen MR) is 61.9 cm³/mol. The maximum Gasteiger partial charge on any atom is 0.323 e. The second-order valence-corrected chi connectivity index (χ2v) is 5.14. The molecule has 0 spiro atoms. The first-order chi connectivity index (χ1) is 7.68. The molecule has 0 aromatic rings. The Morgan fingerprint density at radius 1 is 1.44 bits per heavy atom. The summed E-state index contributed by atoms with van der Waals surface area (Å²) < 4.78 is 0. The molecule has 2 unspecified atom stereocenters. The molecule has 88 valence electrons. The Kier molecular flexibility index (Phi) is 3.20. The van der Waals surface area contributed by atoms with Crippen LogP contribution in [0, 0.1) is 24.2 Å². The molecule has 0 saturated heterocycles. The highest BCUT2D eigenvalue weighted by atomic mass is 16.4. The maximum absolute atomic E-state index is 11.4. The Morgan fingerprint density at radius 2 is 2.19 bits per heavy atom. The van der Waals surface area contributed by atoms with Gasteiger partial charge in [-0.3, -0.25) is 10.1 Å². The van der Waals surface area contributed by atoms with E-state index in [9.17, 15) is 9.90 Å². The van der Waals surface area contributed by atoms with E-state index in [4.69, 9.17) is 6.42 Å². The number of carboxylic acid groups (broad SMARTS) is 1. The Hall–Kier alpha value is -1.01. The molecule has 3 nitrogen and oxygen atoms in total. The normalized spacial score (nSPS) is 34.3. The lowest BCUT2D eigenvalue weighted by atomic mass is 9.73. The summed E-state index contributed by atoms with van der Waals surface area (Å²) in [5, 5.41) is 12.5. The topological polar surface area (TPSA) is 49.3 Å². The van der Waals surface area contributed by atoms with Gasteiger partial charge in [0.1, 0.15) is 5.54 Å². The molecule has 2 saturated carbocycles. The first-order valence-corrected chi connectivity index (χ1v) is 6.10. The van der Waals surface area contributed by atoms with Gasteiger partial charge >= 0.3 is 5.97 Å². The van der Waals surface area contributed by atoms with E-state index in [0.29, 0.717) is 18.9 Å². The molecule has 0 bridgehead atoms. The third-order valence-electron chi connectivity index (χ3n) is 4.02. The molecule has 2 N–H and O–H groups in total. The molecule has 2 fully saturated rings. The minimum Gasteiger partial charge on any atom is -0.480 e. The Morgan fingerprint density at radius 3 is 2.75 bits per heavy atom. The number of aliphatic carboxylic acids is 1. The minimum atomic E-state index is -0.752. The van der Waals surface area contributed by atoms with Gasteiger partial charge in [0.25, 0.3) is 0 Å². The van der Waals surface area contributed by atoms with E-state index in [0.717, 1.165) is 18.8 Å². The van der Waals surface area contributed by atoms with Crippen molar-refractivity contribution >= 4 is 5.97 Å². The van der Waals surface area contributed by atoms with Crippen molar-refractivity contribution in [1.82, 2.24) is 5.32 Å². The van der Waals surface area contributed by atoms with Crippen LogP contribution in [0.3, 0.4) is 0 Å². The molecule has 3 heteroatoms. The standard InChI is InChI=1S/C13H19NO2/c1-2-8-14-13(12(15)16)7-3-4-11(9-13)10-5-6-10/h1,10-11,14H,3-9H2,(H,15,16). The zero-order valence-corrected chi connectivity index (χ0v) is 9.54. The predicted octanol–water partition coefficient (Wildman–Crippen LogP) is 1.63. The van der Waals surface area contributed by atoms with E-state index >= 15 is 0 Å². The fraction of sp³-hybridized carbons (Fsp3) is 0.769. The van der Waals surface area contributed by atoms with E-state index < -0.39 is 11.5 Å². The maximum atomic E-state index is 11.4. The van der Waals surface area contributed by atoms with Crippen LogP contribution in [0.1, 0.15) is 38.5 Å². The molecule has 0 aromatic heterocycles. The second kappa shape index (κ2) is 4.47. The van der Waals surface area contributed by atoms with Crippen LogP contribution >= 0.6 is 0 Å². The summed E-state index contributed by atoms with van der Waals surface area (Å²) in [5.74, 6) is 3.13. The zero-order valence-electron chi connectivity index (χ0n) is 9.54. The SMILES string of the molecule is C#CCNC1(C(=O)O)CCCC(C2CC2)C1. The number of nitrogens with one attached hydrogen (secondary N) is 1. The number of hydrogen-bond donors (Lipinski definition) is 2. The van der Waals surface area contributed by atoms with Crippen molar-refractivity contribution in [2.24, 2.45) is 11.8 Å². The fourth-order valence-corrected chi connectivity index (χ4v) is 2.94. The van der Waals surface area contributed by atoms with Gasteiger partial charge in [0.15, 0.2) is 0 Å². The molecule has 0 amide bonds. The van der Waals surface area contributed by atoms with E-state index in [-0.39, 0.29) is 0 Å². The fourth-order valence-electron chi connectivity index (χ4n) is 2.94. The van der Waals surface area contributed by atoms with Crippen LogP contribution in [0.4, 0.5) is 0 Å². The molecule has 16 heavy (non-hydrogen) atoms. The summed E-state index contributed by atoms with van der Waals surface area (Å²) in [4.78, 5) is 11.4. The summed E-state index contributed by atoms with van der Waals surface area (Å²) >= 11 is 0. The van der Waals surface area contributed by atoms with Crippen molar-refractivity contribution in [3.63, 3.8) is 0 Å². The molecule has 0 radical (unpaired) electrons. The van der Waals surface area contributed by atoms with E-state index in [1.807, 2.05) is 0 Å². The summed E-state index contributed by atoms with van der Waals surface area (Å²) in [7, 11) is 0. The van der Waals surface area contributed by atoms with Gasteiger partial charge in [0, 0.05) is 0 Å². The first kappa shape index (κ1) is 11.5. The number of hydrogen-bond acceptors (Lipinski definition) is 2. The summed E-state index contributed by atoms with van der Waals surface area (Å²) in [6.45, 7) is 0.351. The minimum absolute atomic E-state index is 0.351. The molecular weight excluding hydrogens is 202 g/mol. The highest BCUT2D eigenvalue weighted by molar-refractivity contribution is 5.79. The quantitative estimate of drug-likeness (QED) is 0.709. The van der Waals surface area contributed by atoms with Gasteiger partial charge in [0.2, 0.25) is 0 Å². The monoisotopic (exact) mass is 221 g/mol. The number of carbonyl (C=O) groups is 1. The Labute approximate surface area is 96.6 Å². The van der Waals surface area contributed by atoms with Crippen LogP contribution in [-0.4, -0.2) is 23.2 Å². The van der Waals surface area contributed by atoms with Crippen LogP contribution in [0.2, 0.25) is 0 Å². The summed E-state index contributed by atoms with van der Waals surface area (Å²) in [6, 6.07) is 0. The molecule has 0 aliphatic heterocycles.